The number of methoxy groups -OCH3 is 1. The van der Waals surface area contributed by atoms with E-state index >= 15 is 0 Å². The lowest BCUT2D eigenvalue weighted by molar-refractivity contribution is 0.0616. The summed E-state index contributed by atoms with van der Waals surface area (Å²) < 4.78 is 12.4. The summed E-state index contributed by atoms with van der Waals surface area (Å²) in [5, 5.41) is 7.79. The Morgan fingerprint density at radius 3 is 2.76 bits per heavy atom. The molecule has 1 N–H and O–H groups in total. The predicted molar refractivity (Wildman–Crippen MR) is 68.3 cm³/mol. The highest BCUT2D eigenvalue weighted by Crippen LogP contribution is 2.19. The number of hydrogen-bond donors (Lipinski definition) is 1. The highest BCUT2D eigenvalue weighted by Gasteiger charge is 2.12. The van der Waals surface area contributed by atoms with Crippen molar-refractivity contribution in [2.75, 3.05) is 32.2 Å². The van der Waals surface area contributed by atoms with Crippen molar-refractivity contribution in [3.05, 3.63) is 11.3 Å². The lowest BCUT2D eigenvalue weighted by Gasteiger charge is -2.09. The number of ether oxygens (including phenoxy) is 2. The fourth-order valence-electron chi connectivity index (χ4n) is 1.66. The molecular formula is C12H23N3O2. The Bertz CT molecular complexity index is 337. The Labute approximate surface area is 103 Å². The van der Waals surface area contributed by atoms with Crippen molar-refractivity contribution >= 4 is 5.82 Å². The lowest BCUT2D eigenvalue weighted by atomic mass is 10.2. The molecule has 0 unspecified atom stereocenters. The smallest absolute Gasteiger partial charge is 0.129 e. The van der Waals surface area contributed by atoms with Crippen molar-refractivity contribution in [2.45, 2.75) is 26.9 Å². The van der Waals surface area contributed by atoms with Crippen LogP contribution in [0, 0.1) is 6.92 Å². The Hall–Kier alpha value is -1.07. The molecule has 0 aliphatic rings. The maximum absolute atomic E-state index is 5.56. The third-order valence-electron chi connectivity index (χ3n) is 2.57. The molecule has 17 heavy (non-hydrogen) atoms. The molecule has 1 aromatic heterocycles. The summed E-state index contributed by atoms with van der Waals surface area (Å²) in [6.45, 7) is 6.91. The molecule has 0 spiro atoms. The quantitative estimate of drug-likeness (QED) is 0.704. The van der Waals surface area contributed by atoms with Gasteiger partial charge in [-0.25, -0.2) is 0 Å². The fourth-order valence-corrected chi connectivity index (χ4v) is 1.66. The van der Waals surface area contributed by atoms with E-state index in [9.17, 15) is 0 Å². The average molecular weight is 241 g/mol. The molecule has 5 heteroatoms. The van der Waals surface area contributed by atoms with Crippen molar-refractivity contribution in [1.29, 1.82) is 0 Å². The first-order valence-electron chi connectivity index (χ1n) is 6.03. The van der Waals surface area contributed by atoms with Crippen molar-refractivity contribution in [1.82, 2.24) is 9.78 Å². The van der Waals surface area contributed by atoms with E-state index in [0.29, 0.717) is 19.8 Å². The standard InChI is InChI=1S/C12H23N3O2/c1-5-6-13-12-11(9-17-8-7-16-4)10(2)14-15(12)3/h13H,5-9H2,1-4H3. The van der Waals surface area contributed by atoms with Crippen LogP contribution < -0.4 is 5.32 Å². The van der Waals surface area contributed by atoms with Gasteiger partial charge < -0.3 is 14.8 Å². The normalized spacial score (nSPS) is 10.8. The first-order chi connectivity index (χ1) is 8.20. The van der Waals surface area contributed by atoms with E-state index in [1.165, 1.54) is 0 Å². The van der Waals surface area contributed by atoms with Gasteiger partial charge in [-0.1, -0.05) is 6.92 Å². The average Bonchev–Trinajstić information content (AvgIpc) is 2.57. The molecule has 1 aromatic rings. The summed E-state index contributed by atoms with van der Waals surface area (Å²) in [5.41, 5.74) is 2.15. The number of anilines is 1. The van der Waals surface area contributed by atoms with Crippen LogP contribution in [0.5, 0.6) is 0 Å². The summed E-state index contributed by atoms with van der Waals surface area (Å²) in [6, 6.07) is 0. The summed E-state index contributed by atoms with van der Waals surface area (Å²) in [4.78, 5) is 0. The molecule has 0 amide bonds. The van der Waals surface area contributed by atoms with Crippen LogP contribution in [-0.2, 0) is 23.1 Å². The molecule has 0 radical (unpaired) electrons. The van der Waals surface area contributed by atoms with Crippen LogP contribution in [-0.4, -0.2) is 36.6 Å². The zero-order chi connectivity index (χ0) is 12.7. The Kier molecular flexibility index (Phi) is 6.00. The molecule has 98 valence electrons. The highest BCUT2D eigenvalue weighted by molar-refractivity contribution is 5.47. The monoisotopic (exact) mass is 241 g/mol. The Balaban J connectivity index is 2.61. The minimum absolute atomic E-state index is 0.578. The van der Waals surface area contributed by atoms with Gasteiger partial charge in [0.15, 0.2) is 0 Å². The van der Waals surface area contributed by atoms with E-state index in [1.54, 1.807) is 7.11 Å². The molecule has 0 bridgehead atoms. The minimum atomic E-state index is 0.578. The zero-order valence-electron chi connectivity index (χ0n) is 11.2. The molecule has 0 aromatic carbocycles. The summed E-state index contributed by atoms with van der Waals surface area (Å²) in [7, 11) is 3.62. The van der Waals surface area contributed by atoms with E-state index in [0.717, 1.165) is 30.0 Å². The van der Waals surface area contributed by atoms with Crippen LogP contribution in [0.4, 0.5) is 5.82 Å². The van der Waals surface area contributed by atoms with Gasteiger partial charge in [-0.3, -0.25) is 4.68 Å². The summed E-state index contributed by atoms with van der Waals surface area (Å²) in [6.07, 6.45) is 1.09. The van der Waals surface area contributed by atoms with Gasteiger partial charge in [-0.05, 0) is 13.3 Å². The maximum atomic E-state index is 5.56. The van der Waals surface area contributed by atoms with Gasteiger partial charge in [0.05, 0.1) is 25.5 Å². The molecule has 1 rings (SSSR count). The van der Waals surface area contributed by atoms with Crippen molar-refractivity contribution < 1.29 is 9.47 Å². The zero-order valence-corrected chi connectivity index (χ0v) is 11.2. The van der Waals surface area contributed by atoms with Crippen molar-refractivity contribution in [3.8, 4) is 0 Å². The van der Waals surface area contributed by atoms with Crippen molar-refractivity contribution in [2.24, 2.45) is 7.05 Å². The van der Waals surface area contributed by atoms with Crippen molar-refractivity contribution in [3.63, 3.8) is 0 Å². The number of hydrogen-bond acceptors (Lipinski definition) is 4. The number of nitrogens with one attached hydrogen (secondary N) is 1. The third-order valence-corrected chi connectivity index (χ3v) is 2.57. The molecule has 0 fully saturated rings. The van der Waals surface area contributed by atoms with Crippen LogP contribution in [0.1, 0.15) is 24.6 Å². The molecule has 0 saturated heterocycles. The van der Waals surface area contributed by atoms with Crippen LogP contribution >= 0.6 is 0 Å². The van der Waals surface area contributed by atoms with E-state index in [-0.39, 0.29) is 0 Å². The predicted octanol–water partition coefficient (Wildman–Crippen LogP) is 1.71. The molecule has 1 heterocycles. The van der Waals surface area contributed by atoms with E-state index in [4.69, 9.17) is 9.47 Å². The highest BCUT2D eigenvalue weighted by atomic mass is 16.5. The number of rotatable bonds is 8. The SMILES string of the molecule is CCCNc1c(COCCOC)c(C)nn1C. The summed E-state index contributed by atoms with van der Waals surface area (Å²) in [5.74, 6) is 1.06. The first-order valence-corrected chi connectivity index (χ1v) is 6.03. The topological polar surface area (TPSA) is 48.3 Å². The molecule has 0 saturated carbocycles. The van der Waals surface area contributed by atoms with E-state index in [2.05, 4.69) is 17.3 Å². The van der Waals surface area contributed by atoms with Gasteiger partial charge in [0.25, 0.3) is 0 Å². The molecule has 5 nitrogen and oxygen atoms in total. The van der Waals surface area contributed by atoms with Gasteiger partial charge in [-0.15, -0.1) is 0 Å². The van der Waals surface area contributed by atoms with E-state index < -0.39 is 0 Å². The number of aromatic nitrogens is 2. The Morgan fingerprint density at radius 1 is 1.35 bits per heavy atom. The van der Waals surface area contributed by atoms with E-state index in [1.807, 2.05) is 18.7 Å². The van der Waals surface area contributed by atoms with Gasteiger partial charge in [0.2, 0.25) is 0 Å². The second kappa shape index (κ2) is 7.29. The number of nitrogens with zero attached hydrogens (tertiary/aromatic N) is 2. The summed E-state index contributed by atoms with van der Waals surface area (Å²) >= 11 is 0. The van der Waals surface area contributed by atoms with Crippen LogP contribution in [0.2, 0.25) is 0 Å². The molecule has 0 aliphatic heterocycles. The van der Waals surface area contributed by atoms with Gasteiger partial charge in [0, 0.05) is 26.3 Å². The second-order valence-corrected chi connectivity index (χ2v) is 4.01. The third kappa shape index (κ3) is 4.02. The second-order valence-electron chi connectivity index (χ2n) is 4.01. The van der Waals surface area contributed by atoms with Crippen LogP contribution in [0.3, 0.4) is 0 Å². The van der Waals surface area contributed by atoms with Gasteiger partial charge >= 0.3 is 0 Å². The maximum Gasteiger partial charge on any atom is 0.129 e. The Morgan fingerprint density at radius 2 is 2.12 bits per heavy atom. The largest absolute Gasteiger partial charge is 0.382 e. The first kappa shape index (κ1) is 14.0. The van der Waals surface area contributed by atoms with Gasteiger partial charge in [0.1, 0.15) is 5.82 Å². The molecule has 0 aliphatic carbocycles. The molecular weight excluding hydrogens is 218 g/mol. The fraction of sp³-hybridized carbons (Fsp3) is 0.750. The van der Waals surface area contributed by atoms with Crippen LogP contribution in [0.25, 0.3) is 0 Å². The van der Waals surface area contributed by atoms with Gasteiger partial charge in [-0.2, -0.15) is 5.10 Å². The number of aryl methyl sites for hydroxylation is 2. The molecule has 0 atom stereocenters. The van der Waals surface area contributed by atoms with Crippen LogP contribution in [0.15, 0.2) is 0 Å². The minimum Gasteiger partial charge on any atom is -0.382 e. The lowest BCUT2D eigenvalue weighted by Crippen LogP contribution is -2.08.